The molecule has 0 radical (unpaired) electrons. The summed E-state index contributed by atoms with van der Waals surface area (Å²) in [5.74, 6) is 2.06. The van der Waals surface area contributed by atoms with Gasteiger partial charge in [0, 0.05) is 31.6 Å². The van der Waals surface area contributed by atoms with Crippen LogP contribution in [0.3, 0.4) is 0 Å². The van der Waals surface area contributed by atoms with Gasteiger partial charge in [-0.05, 0) is 73.2 Å². The van der Waals surface area contributed by atoms with Gasteiger partial charge < -0.3 is 14.5 Å². The van der Waals surface area contributed by atoms with Gasteiger partial charge in [0.15, 0.2) is 0 Å². The van der Waals surface area contributed by atoms with Crippen molar-refractivity contribution < 1.29 is 4.74 Å². The van der Waals surface area contributed by atoms with Gasteiger partial charge in [-0.3, -0.25) is 0 Å². The maximum Gasteiger partial charge on any atom is 0.142 e. The topological polar surface area (TPSA) is 28.6 Å². The molecule has 0 unspecified atom stereocenters. The summed E-state index contributed by atoms with van der Waals surface area (Å²) in [6.45, 7) is 6.12. The molecule has 0 bridgehead atoms. The Balaban J connectivity index is 1.39. The van der Waals surface area contributed by atoms with Crippen LogP contribution < -0.4 is 14.5 Å². The Morgan fingerprint density at radius 3 is 2.39 bits per heavy atom. The van der Waals surface area contributed by atoms with Crippen LogP contribution in [0.2, 0.25) is 0 Å². The number of benzene rings is 2. The lowest BCUT2D eigenvalue weighted by molar-refractivity contribution is 0.413. The molecule has 0 atom stereocenters. The van der Waals surface area contributed by atoms with E-state index in [1.807, 2.05) is 12.1 Å². The van der Waals surface area contributed by atoms with Gasteiger partial charge in [0.2, 0.25) is 0 Å². The van der Waals surface area contributed by atoms with Gasteiger partial charge in [-0.2, -0.15) is 0 Å². The van der Waals surface area contributed by atoms with Crippen LogP contribution in [0.1, 0.15) is 23.1 Å². The lowest BCUT2D eigenvalue weighted by Gasteiger charge is -2.37. The van der Waals surface area contributed by atoms with E-state index in [2.05, 4.69) is 47.1 Å². The Morgan fingerprint density at radius 2 is 1.61 bits per heavy atom. The van der Waals surface area contributed by atoms with Gasteiger partial charge in [-0.15, -0.1) is 0 Å². The van der Waals surface area contributed by atoms with Crippen LogP contribution in [0, 0.1) is 6.92 Å². The normalized spacial score (nSPS) is 16.5. The molecule has 0 amide bonds. The third-order valence-electron chi connectivity index (χ3n) is 6.25. The van der Waals surface area contributed by atoms with Crippen molar-refractivity contribution in [2.45, 2.75) is 26.2 Å². The number of pyridine rings is 1. The quantitative estimate of drug-likeness (QED) is 0.682. The molecule has 2 aliphatic rings. The first-order chi connectivity index (χ1) is 13.7. The van der Waals surface area contributed by atoms with Crippen molar-refractivity contribution in [2.75, 3.05) is 43.1 Å². The predicted octanol–water partition coefficient (Wildman–Crippen LogP) is 4.37. The van der Waals surface area contributed by atoms with Crippen LogP contribution in [-0.4, -0.2) is 38.3 Å². The zero-order valence-corrected chi connectivity index (χ0v) is 16.7. The summed E-state index contributed by atoms with van der Waals surface area (Å²) in [6, 6.07) is 15.3. The van der Waals surface area contributed by atoms with Crippen molar-refractivity contribution in [1.82, 2.24) is 4.98 Å². The Morgan fingerprint density at radius 1 is 0.893 bits per heavy atom. The van der Waals surface area contributed by atoms with E-state index >= 15 is 0 Å². The molecule has 5 rings (SSSR count). The molecule has 4 heteroatoms. The monoisotopic (exact) mass is 373 g/mol. The number of anilines is 2. The average molecular weight is 374 g/mol. The number of ether oxygens (including phenoxy) is 1. The molecule has 0 spiro atoms. The van der Waals surface area contributed by atoms with Crippen LogP contribution in [-0.2, 0) is 12.8 Å². The molecule has 0 N–H and O–H groups in total. The molecule has 144 valence electrons. The SMILES string of the molecule is COc1ccccc1N1CCN(c2cc(C)c3cc4c(cc3n2)CCC4)CC1. The smallest absolute Gasteiger partial charge is 0.142 e. The van der Waals surface area contributed by atoms with Crippen LogP contribution in [0.15, 0.2) is 42.5 Å². The first-order valence-corrected chi connectivity index (χ1v) is 10.3. The number of aryl methyl sites for hydroxylation is 3. The lowest BCUT2D eigenvalue weighted by Crippen LogP contribution is -2.47. The van der Waals surface area contributed by atoms with Crippen molar-refractivity contribution >= 4 is 22.4 Å². The van der Waals surface area contributed by atoms with E-state index in [0.717, 1.165) is 43.3 Å². The molecule has 3 aromatic rings. The van der Waals surface area contributed by atoms with Gasteiger partial charge in [0.05, 0.1) is 18.3 Å². The highest BCUT2D eigenvalue weighted by atomic mass is 16.5. The van der Waals surface area contributed by atoms with Gasteiger partial charge in [0.1, 0.15) is 11.6 Å². The summed E-state index contributed by atoms with van der Waals surface area (Å²) < 4.78 is 5.54. The summed E-state index contributed by atoms with van der Waals surface area (Å²) >= 11 is 0. The first kappa shape index (κ1) is 17.4. The number of nitrogens with zero attached hydrogens (tertiary/aromatic N) is 3. The minimum atomic E-state index is 0.949. The fourth-order valence-corrected chi connectivity index (χ4v) is 4.68. The van der Waals surface area contributed by atoms with E-state index in [0.29, 0.717) is 0 Å². The summed E-state index contributed by atoms with van der Waals surface area (Å²) in [4.78, 5) is 9.89. The number of fused-ring (bicyclic) bond motifs is 2. The molecule has 2 heterocycles. The van der Waals surface area contributed by atoms with Gasteiger partial charge in [-0.25, -0.2) is 4.98 Å². The fourth-order valence-electron chi connectivity index (χ4n) is 4.68. The average Bonchev–Trinajstić information content (AvgIpc) is 3.20. The largest absolute Gasteiger partial charge is 0.495 e. The van der Waals surface area contributed by atoms with Crippen molar-refractivity contribution in [2.24, 2.45) is 0 Å². The lowest BCUT2D eigenvalue weighted by atomic mass is 10.0. The van der Waals surface area contributed by atoms with E-state index in [1.54, 1.807) is 7.11 Å². The molecular formula is C24H27N3O. The van der Waals surface area contributed by atoms with Crippen LogP contribution in [0.5, 0.6) is 5.75 Å². The number of aromatic nitrogens is 1. The molecular weight excluding hydrogens is 346 g/mol. The molecule has 1 aromatic heterocycles. The highest BCUT2D eigenvalue weighted by Gasteiger charge is 2.21. The third-order valence-corrected chi connectivity index (χ3v) is 6.25. The fraction of sp³-hybridized carbons (Fsp3) is 0.375. The molecule has 2 aromatic carbocycles. The molecule has 1 aliphatic heterocycles. The van der Waals surface area contributed by atoms with E-state index in [9.17, 15) is 0 Å². The third kappa shape index (κ3) is 2.97. The number of hydrogen-bond donors (Lipinski definition) is 0. The summed E-state index contributed by atoms with van der Waals surface area (Å²) in [5, 5.41) is 1.32. The number of hydrogen-bond acceptors (Lipinski definition) is 4. The van der Waals surface area contributed by atoms with E-state index in [4.69, 9.17) is 9.72 Å². The zero-order valence-electron chi connectivity index (χ0n) is 16.7. The van der Waals surface area contributed by atoms with Gasteiger partial charge in [0.25, 0.3) is 0 Å². The summed E-state index contributed by atoms with van der Waals surface area (Å²) in [5.41, 5.74) is 6.70. The standard InChI is InChI=1S/C24H27N3O/c1-17-14-24(25-21-16-19-7-5-6-18(19)15-20(17)21)27-12-10-26(11-13-27)22-8-3-4-9-23(22)28-2/h3-4,8-9,14-16H,5-7,10-13H2,1-2H3. The highest BCUT2D eigenvalue weighted by Crippen LogP contribution is 2.32. The highest BCUT2D eigenvalue weighted by molar-refractivity contribution is 5.86. The Hall–Kier alpha value is -2.75. The minimum absolute atomic E-state index is 0.949. The van der Waals surface area contributed by atoms with Crippen molar-refractivity contribution in [3.05, 3.63) is 59.2 Å². The summed E-state index contributed by atoms with van der Waals surface area (Å²) in [6.07, 6.45) is 3.70. The Kier molecular flexibility index (Phi) is 4.34. The second-order valence-corrected chi connectivity index (χ2v) is 7.93. The number of rotatable bonds is 3. The Bertz CT molecular complexity index is 1020. The van der Waals surface area contributed by atoms with Gasteiger partial charge in [-0.1, -0.05) is 12.1 Å². The van der Waals surface area contributed by atoms with Crippen molar-refractivity contribution in [3.8, 4) is 5.75 Å². The maximum atomic E-state index is 5.54. The number of piperazine rings is 1. The maximum absolute atomic E-state index is 5.54. The zero-order chi connectivity index (χ0) is 19.1. The minimum Gasteiger partial charge on any atom is -0.495 e. The number of para-hydroxylation sites is 2. The molecule has 28 heavy (non-hydrogen) atoms. The molecule has 4 nitrogen and oxygen atoms in total. The van der Waals surface area contributed by atoms with E-state index in [-0.39, 0.29) is 0 Å². The van der Waals surface area contributed by atoms with Crippen LogP contribution >= 0.6 is 0 Å². The molecule has 1 aliphatic carbocycles. The second-order valence-electron chi connectivity index (χ2n) is 7.93. The first-order valence-electron chi connectivity index (χ1n) is 10.3. The van der Waals surface area contributed by atoms with Crippen molar-refractivity contribution in [3.63, 3.8) is 0 Å². The van der Waals surface area contributed by atoms with Gasteiger partial charge >= 0.3 is 0 Å². The Labute approximate surface area is 166 Å². The van der Waals surface area contributed by atoms with Crippen molar-refractivity contribution in [1.29, 1.82) is 0 Å². The van der Waals surface area contributed by atoms with Crippen LogP contribution in [0.4, 0.5) is 11.5 Å². The number of methoxy groups -OCH3 is 1. The molecule has 1 saturated heterocycles. The van der Waals surface area contributed by atoms with E-state index < -0.39 is 0 Å². The van der Waals surface area contributed by atoms with Crippen LogP contribution in [0.25, 0.3) is 10.9 Å². The predicted molar refractivity (Wildman–Crippen MR) is 116 cm³/mol. The molecule has 1 fully saturated rings. The molecule has 0 saturated carbocycles. The van der Waals surface area contributed by atoms with E-state index in [1.165, 1.54) is 47.0 Å². The summed E-state index contributed by atoms with van der Waals surface area (Å²) in [7, 11) is 1.74. The second kappa shape index (κ2) is 7.01.